The molecule has 0 N–H and O–H groups in total. The zero-order chi connectivity index (χ0) is 27.8. The minimum absolute atomic E-state index is 0.0158. The Kier molecular flexibility index (Phi) is 9.56. The van der Waals surface area contributed by atoms with E-state index in [1.165, 1.54) is 67.2 Å². The molecule has 1 fully saturated rings. The minimum atomic E-state index is -1.91. The van der Waals surface area contributed by atoms with E-state index in [1.54, 1.807) is 0 Å². The fourth-order valence-electron chi connectivity index (χ4n) is 7.16. The summed E-state index contributed by atoms with van der Waals surface area (Å²) in [5.41, 5.74) is 5.70. The highest BCUT2D eigenvalue weighted by Crippen LogP contribution is 2.58. The molecule has 3 aliphatic carbocycles. The van der Waals surface area contributed by atoms with Gasteiger partial charge in [-0.25, -0.2) is 0 Å². The lowest BCUT2D eigenvalue weighted by molar-refractivity contribution is 0.108. The van der Waals surface area contributed by atoms with Crippen molar-refractivity contribution in [2.75, 3.05) is 0 Å². The monoisotopic (exact) mass is 522 g/mol. The first kappa shape index (κ1) is 30.5. The van der Waals surface area contributed by atoms with Crippen LogP contribution in [0.2, 0.25) is 18.1 Å². The summed E-state index contributed by atoms with van der Waals surface area (Å²) in [6, 6.07) is 0. The molecule has 0 aromatic carbocycles. The van der Waals surface area contributed by atoms with Crippen molar-refractivity contribution in [2.24, 2.45) is 35.0 Å². The lowest BCUT2D eigenvalue weighted by Crippen LogP contribution is -2.46. The van der Waals surface area contributed by atoms with Gasteiger partial charge in [-0.3, -0.25) is 0 Å². The molecule has 0 heterocycles. The van der Waals surface area contributed by atoms with E-state index in [1.807, 2.05) is 0 Å². The van der Waals surface area contributed by atoms with Crippen LogP contribution in [0, 0.1) is 46.8 Å². The average molecular weight is 523 g/mol. The van der Waals surface area contributed by atoms with Crippen LogP contribution in [0.3, 0.4) is 0 Å². The van der Waals surface area contributed by atoms with Crippen molar-refractivity contribution in [3.63, 3.8) is 0 Å². The van der Waals surface area contributed by atoms with E-state index in [-0.39, 0.29) is 11.1 Å². The molecule has 208 valence electrons. The van der Waals surface area contributed by atoms with E-state index in [4.69, 9.17) is 4.43 Å². The second-order valence-electron chi connectivity index (χ2n) is 15.1. The Morgan fingerprint density at radius 3 is 2.43 bits per heavy atom. The highest BCUT2D eigenvalue weighted by molar-refractivity contribution is 6.74. The molecule has 3 rings (SSSR count). The molecular formula is C35H58OSi. The molecule has 0 aromatic rings. The molecule has 1 saturated carbocycles. The smallest absolute Gasteiger partial charge is 0.193 e. The van der Waals surface area contributed by atoms with E-state index in [0.29, 0.717) is 17.3 Å². The number of allylic oxidation sites excluding steroid dienone is 3. The predicted octanol–water partition coefficient (Wildman–Crippen LogP) is 10.5. The van der Waals surface area contributed by atoms with Crippen LogP contribution in [-0.4, -0.2) is 14.4 Å². The fourth-order valence-corrected chi connectivity index (χ4v) is 8.43. The van der Waals surface area contributed by atoms with E-state index in [9.17, 15) is 0 Å². The summed E-state index contributed by atoms with van der Waals surface area (Å²) in [6.07, 6.45) is 12.9. The molecule has 0 bridgehead atoms. The van der Waals surface area contributed by atoms with E-state index >= 15 is 0 Å². The van der Waals surface area contributed by atoms with Crippen molar-refractivity contribution >= 4 is 8.32 Å². The summed E-state index contributed by atoms with van der Waals surface area (Å²) in [6.45, 7) is 30.6. The van der Waals surface area contributed by atoms with Crippen molar-refractivity contribution in [1.29, 1.82) is 0 Å². The second-order valence-corrected chi connectivity index (χ2v) is 19.8. The maximum absolute atomic E-state index is 6.93. The van der Waals surface area contributed by atoms with Gasteiger partial charge in [0.2, 0.25) is 0 Å². The zero-order valence-corrected chi connectivity index (χ0v) is 27.3. The van der Waals surface area contributed by atoms with E-state index in [2.05, 4.69) is 99.9 Å². The molecule has 0 amide bonds. The number of hydrogen-bond acceptors (Lipinski definition) is 1. The highest BCUT2D eigenvalue weighted by atomic mass is 28.4. The number of fused-ring (bicyclic) bond motifs is 1. The minimum Gasteiger partial charge on any atom is -0.407 e. The van der Waals surface area contributed by atoms with Crippen LogP contribution in [0.1, 0.15) is 114 Å². The SMILES string of the molecule is C=C1[C@H](O[Si](C)(C)C(C)(C)C)C(C)=C(C#CC2=CCC[C@]3(C)[C@@H](C(C)CCCC(C)C)CC[C@@H]23)C[C@H]1C. The number of rotatable bonds is 7. The van der Waals surface area contributed by atoms with E-state index < -0.39 is 8.32 Å². The third kappa shape index (κ3) is 6.58. The van der Waals surface area contributed by atoms with Crippen molar-refractivity contribution in [3.05, 3.63) is 34.9 Å². The van der Waals surface area contributed by atoms with Gasteiger partial charge < -0.3 is 4.43 Å². The Hall–Kier alpha value is -1.04. The normalized spacial score (nSPS) is 31.7. The Labute approximate surface area is 232 Å². The van der Waals surface area contributed by atoms with Gasteiger partial charge in [-0.1, -0.05) is 99.1 Å². The molecule has 0 spiro atoms. The van der Waals surface area contributed by atoms with Gasteiger partial charge in [-0.05, 0) is 103 Å². The molecule has 37 heavy (non-hydrogen) atoms. The van der Waals surface area contributed by atoms with Crippen LogP contribution >= 0.6 is 0 Å². The Morgan fingerprint density at radius 1 is 1.14 bits per heavy atom. The fraction of sp³-hybridized carbons (Fsp3) is 0.771. The van der Waals surface area contributed by atoms with Crippen LogP contribution in [0.4, 0.5) is 0 Å². The van der Waals surface area contributed by atoms with Crippen LogP contribution in [-0.2, 0) is 4.43 Å². The van der Waals surface area contributed by atoms with Crippen molar-refractivity contribution in [2.45, 2.75) is 138 Å². The standard InChI is InChI=1S/C35H58OSi/c1-24(2)15-13-16-25(3)31-20-21-32-29(17-14-22-35(31,32)10)18-19-30-23-26(4)27(5)33(28(30)6)36-37(11,12)34(7,8)9/h17,24-26,31-33H,5,13-16,20-23H2,1-4,6-12H3/t25?,26-,31-,32+,33+,35-/m1/s1. The van der Waals surface area contributed by atoms with Gasteiger partial charge in [0, 0.05) is 11.1 Å². The molecule has 6 atom stereocenters. The molecule has 0 radical (unpaired) electrons. The molecule has 1 nitrogen and oxygen atoms in total. The Morgan fingerprint density at radius 2 is 1.81 bits per heavy atom. The van der Waals surface area contributed by atoms with Crippen molar-refractivity contribution in [3.8, 4) is 11.8 Å². The van der Waals surface area contributed by atoms with Gasteiger partial charge in [0.15, 0.2) is 8.32 Å². The maximum Gasteiger partial charge on any atom is 0.193 e. The molecule has 0 saturated heterocycles. The summed E-state index contributed by atoms with van der Waals surface area (Å²) in [4.78, 5) is 0. The number of hydrogen-bond donors (Lipinski definition) is 0. The van der Waals surface area contributed by atoms with Crippen molar-refractivity contribution in [1.82, 2.24) is 0 Å². The summed E-state index contributed by atoms with van der Waals surface area (Å²) >= 11 is 0. The third-order valence-electron chi connectivity index (χ3n) is 10.9. The lowest BCUT2D eigenvalue weighted by Gasteiger charge is -2.43. The van der Waals surface area contributed by atoms with Gasteiger partial charge in [0.1, 0.15) is 0 Å². The van der Waals surface area contributed by atoms with Crippen LogP contribution in [0.15, 0.2) is 34.9 Å². The summed E-state index contributed by atoms with van der Waals surface area (Å²) in [7, 11) is -1.91. The first-order valence-electron chi connectivity index (χ1n) is 15.4. The third-order valence-corrected chi connectivity index (χ3v) is 15.3. The summed E-state index contributed by atoms with van der Waals surface area (Å²) in [5, 5.41) is 0.183. The largest absolute Gasteiger partial charge is 0.407 e. The second kappa shape index (κ2) is 11.6. The van der Waals surface area contributed by atoms with Gasteiger partial charge in [0.05, 0.1) is 6.10 Å². The first-order chi connectivity index (χ1) is 17.1. The topological polar surface area (TPSA) is 9.23 Å². The molecule has 0 aliphatic heterocycles. The average Bonchev–Trinajstić information content (AvgIpc) is 3.14. The molecular weight excluding hydrogens is 464 g/mol. The van der Waals surface area contributed by atoms with Crippen LogP contribution in [0.5, 0.6) is 0 Å². The zero-order valence-electron chi connectivity index (χ0n) is 26.3. The highest BCUT2D eigenvalue weighted by Gasteiger charge is 2.50. The van der Waals surface area contributed by atoms with Gasteiger partial charge in [0.25, 0.3) is 0 Å². The molecule has 1 unspecified atom stereocenters. The molecule has 3 aliphatic rings. The predicted molar refractivity (Wildman–Crippen MR) is 165 cm³/mol. The van der Waals surface area contributed by atoms with Gasteiger partial charge in [-0.15, -0.1) is 0 Å². The van der Waals surface area contributed by atoms with Crippen LogP contribution in [0.25, 0.3) is 0 Å². The summed E-state index contributed by atoms with van der Waals surface area (Å²) in [5.74, 6) is 11.0. The molecule has 0 aromatic heterocycles. The van der Waals surface area contributed by atoms with Crippen molar-refractivity contribution < 1.29 is 4.43 Å². The van der Waals surface area contributed by atoms with Gasteiger partial charge in [-0.2, -0.15) is 0 Å². The molecule has 2 heteroatoms. The van der Waals surface area contributed by atoms with Gasteiger partial charge >= 0.3 is 0 Å². The quantitative estimate of drug-likeness (QED) is 0.183. The Balaban J connectivity index is 1.81. The Bertz CT molecular complexity index is 961. The van der Waals surface area contributed by atoms with Crippen LogP contribution < -0.4 is 0 Å². The van der Waals surface area contributed by atoms with E-state index in [0.717, 1.165) is 24.2 Å². The lowest BCUT2D eigenvalue weighted by atomic mass is 9.62. The first-order valence-corrected chi connectivity index (χ1v) is 18.3. The maximum atomic E-state index is 6.93. The summed E-state index contributed by atoms with van der Waals surface area (Å²) < 4.78 is 6.93.